The second kappa shape index (κ2) is 8.43. The summed E-state index contributed by atoms with van der Waals surface area (Å²) in [5.74, 6) is 0.504. The Labute approximate surface area is 170 Å². The van der Waals surface area contributed by atoms with Crippen molar-refractivity contribution in [3.8, 4) is 0 Å². The molecule has 0 unspecified atom stereocenters. The Morgan fingerprint density at radius 1 is 1.11 bits per heavy atom. The molecule has 2 heterocycles. The molecule has 2 aromatic heterocycles. The molecule has 2 amide bonds. The van der Waals surface area contributed by atoms with E-state index in [1.807, 2.05) is 0 Å². The summed E-state index contributed by atoms with van der Waals surface area (Å²) in [7, 11) is 0. The van der Waals surface area contributed by atoms with Gasteiger partial charge in [-0.3, -0.25) is 14.6 Å². The van der Waals surface area contributed by atoms with Crippen LogP contribution in [0.4, 0.5) is 5.00 Å². The van der Waals surface area contributed by atoms with Crippen molar-refractivity contribution in [3.05, 3.63) is 46.1 Å². The summed E-state index contributed by atoms with van der Waals surface area (Å²) in [5.41, 5.74) is 2.33. The summed E-state index contributed by atoms with van der Waals surface area (Å²) >= 11 is 1.56. The molecule has 28 heavy (non-hydrogen) atoms. The number of hydrogen-bond acceptors (Lipinski definition) is 4. The van der Waals surface area contributed by atoms with Crippen LogP contribution in [-0.2, 0) is 12.8 Å². The predicted octanol–water partition coefficient (Wildman–Crippen LogP) is 4.58. The van der Waals surface area contributed by atoms with Gasteiger partial charge < -0.3 is 10.6 Å². The number of carbonyl (C=O) groups excluding carboxylic acids is 2. The van der Waals surface area contributed by atoms with Crippen LogP contribution in [0.2, 0.25) is 0 Å². The highest BCUT2D eigenvalue weighted by Crippen LogP contribution is 2.38. The first-order valence-corrected chi connectivity index (χ1v) is 11.1. The SMILES string of the molecule is CC1CCC(NC(=O)c2c(NC(=O)c3cccnc3)sc3c2CCCC3)CC1. The normalized spacial score (nSPS) is 21.6. The summed E-state index contributed by atoms with van der Waals surface area (Å²) in [5, 5.41) is 6.92. The molecule has 0 aromatic carbocycles. The van der Waals surface area contributed by atoms with Gasteiger partial charge in [-0.25, -0.2) is 0 Å². The maximum atomic E-state index is 13.2. The summed E-state index contributed by atoms with van der Waals surface area (Å²) in [6.07, 6.45) is 11.7. The molecule has 0 radical (unpaired) electrons. The zero-order chi connectivity index (χ0) is 19.5. The lowest BCUT2D eigenvalue weighted by atomic mass is 9.87. The Balaban J connectivity index is 1.57. The van der Waals surface area contributed by atoms with Crippen molar-refractivity contribution in [2.75, 3.05) is 5.32 Å². The molecule has 2 aromatic rings. The molecule has 6 heteroatoms. The van der Waals surface area contributed by atoms with Crippen molar-refractivity contribution < 1.29 is 9.59 Å². The Morgan fingerprint density at radius 3 is 2.64 bits per heavy atom. The molecule has 0 spiro atoms. The second-order valence-electron chi connectivity index (χ2n) is 8.04. The molecule has 5 nitrogen and oxygen atoms in total. The molecule has 2 N–H and O–H groups in total. The number of pyridine rings is 1. The minimum atomic E-state index is -0.216. The number of nitrogens with zero attached hydrogens (tertiary/aromatic N) is 1. The highest BCUT2D eigenvalue weighted by Gasteiger charge is 2.28. The van der Waals surface area contributed by atoms with Gasteiger partial charge in [0, 0.05) is 23.3 Å². The number of amides is 2. The lowest BCUT2D eigenvalue weighted by Gasteiger charge is -2.27. The quantitative estimate of drug-likeness (QED) is 0.793. The third-order valence-electron chi connectivity index (χ3n) is 5.90. The van der Waals surface area contributed by atoms with Crippen LogP contribution in [0.3, 0.4) is 0 Å². The zero-order valence-electron chi connectivity index (χ0n) is 16.3. The van der Waals surface area contributed by atoms with E-state index in [2.05, 4.69) is 22.5 Å². The first-order valence-electron chi connectivity index (χ1n) is 10.3. The van der Waals surface area contributed by atoms with Crippen LogP contribution >= 0.6 is 11.3 Å². The number of anilines is 1. The fourth-order valence-electron chi connectivity index (χ4n) is 4.23. The highest BCUT2D eigenvalue weighted by atomic mass is 32.1. The average molecular weight is 398 g/mol. The van der Waals surface area contributed by atoms with E-state index in [0.29, 0.717) is 16.1 Å². The van der Waals surface area contributed by atoms with Gasteiger partial charge in [0.05, 0.1) is 11.1 Å². The van der Waals surface area contributed by atoms with Gasteiger partial charge in [-0.2, -0.15) is 0 Å². The van der Waals surface area contributed by atoms with E-state index in [-0.39, 0.29) is 17.9 Å². The molecule has 1 saturated carbocycles. The van der Waals surface area contributed by atoms with E-state index in [1.165, 1.54) is 4.88 Å². The molecular formula is C22H27N3O2S. The minimum Gasteiger partial charge on any atom is -0.349 e. The maximum Gasteiger partial charge on any atom is 0.257 e. The van der Waals surface area contributed by atoms with Crippen molar-refractivity contribution in [1.29, 1.82) is 0 Å². The summed E-state index contributed by atoms with van der Waals surface area (Å²) in [6, 6.07) is 3.72. The van der Waals surface area contributed by atoms with Gasteiger partial charge >= 0.3 is 0 Å². The van der Waals surface area contributed by atoms with Gasteiger partial charge in [0.2, 0.25) is 0 Å². The van der Waals surface area contributed by atoms with Crippen LogP contribution in [0.5, 0.6) is 0 Å². The van der Waals surface area contributed by atoms with Crippen molar-refractivity contribution in [2.24, 2.45) is 5.92 Å². The molecule has 2 aliphatic rings. The van der Waals surface area contributed by atoms with E-state index in [9.17, 15) is 9.59 Å². The van der Waals surface area contributed by atoms with E-state index in [1.54, 1.807) is 35.9 Å². The number of hydrogen-bond donors (Lipinski definition) is 2. The van der Waals surface area contributed by atoms with Crippen molar-refractivity contribution in [1.82, 2.24) is 10.3 Å². The molecule has 1 fully saturated rings. The Bertz CT molecular complexity index is 854. The molecule has 0 atom stereocenters. The zero-order valence-corrected chi connectivity index (χ0v) is 17.1. The summed E-state index contributed by atoms with van der Waals surface area (Å²) < 4.78 is 0. The number of aryl methyl sites for hydroxylation is 1. The highest BCUT2D eigenvalue weighted by molar-refractivity contribution is 7.17. The van der Waals surface area contributed by atoms with E-state index in [0.717, 1.165) is 62.8 Å². The Hall–Kier alpha value is -2.21. The van der Waals surface area contributed by atoms with Crippen molar-refractivity contribution in [3.63, 3.8) is 0 Å². The molecule has 2 aliphatic carbocycles. The average Bonchev–Trinajstić information content (AvgIpc) is 3.08. The van der Waals surface area contributed by atoms with Crippen LogP contribution in [0.25, 0.3) is 0 Å². The van der Waals surface area contributed by atoms with Crippen LogP contribution in [0.1, 0.15) is 76.6 Å². The predicted molar refractivity (Wildman–Crippen MR) is 112 cm³/mol. The molecule has 4 rings (SSSR count). The van der Waals surface area contributed by atoms with Gasteiger partial charge in [-0.1, -0.05) is 6.92 Å². The van der Waals surface area contributed by atoms with Gasteiger partial charge in [0.1, 0.15) is 5.00 Å². The molecule has 0 aliphatic heterocycles. The largest absolute Gasteiger partial charge is 0.349 e. The van der Waals surface area contributed by atoms with Gasteiger partial charge in [0.15, 0.2) is 0 Å². The summed E-state index contributed by atoms with van der Waals surface area (Å²) in [4.78, 5) is 31.1. The second-order valence-corrected chi connectivity index (χ2v) is 9.15. The number of carbonyl (C=O) groups is 2. The van der Waals surface area contributed by atoms with Crippen LogP contribution in [0, 0.1) is 5.92 Å². The van der Waals surface area contributed by atoms with Gasteiger partial charge in [-0.15, -0.1) is 11.3 Å². The topological polar surface area (TPSA) is 71.1 Å². The first kappa shape index (κ1) is 19.1. The third-order valence-corrected chi connectivity index (χ3v) is 7.11. The maximum absolute atomic E-state index is 13.2. The number of aromatic nitrogens is 1. The molecule has 0 bridgehead atoms. The van der Waals surface area contributed by atoms with Crippen molar-refractivity contribution >= 4 is 28.2 Å². The van der Waals surface area contributed by atoms with Crippen LogP contribution in [0.15, 0.2) is 24.5 Å². The lowest BCUT2D eigenvalue weighted by molar-refractivity contribution is 0.0923. The molecule has 0 saturated heterocycles. The minimum absolute atomic E-state index is 0.0274. The van der Waals surface area contributed by atoms with Crippen LogP contribution < -0.4 is 10.6 Å². The van der Waals surface area contributed by atoms with E-state index in [4.69, 9.17) is 0 Å². The fourth-order valence-corrected chi connectivity index (χ4v) is 5.51. The number of fused-ring (bicyclic) bond motifs is 1. The first-order chi connectivity index (χ1) is 13.6. The lowest BCUT2D eigenvalue weighted by Crippen LogP contribution is -2.38. The standard InChI is InChI=1S/C22H27N3O2S/c1-14-8-10-16(11-9-14)24-21(27)19-17-6-2-3-7-18(17)28-22(19)25-20(26)15-5-4-12-23-13-15/h4-5,12-14,16H,2-3,6-11H2,1H3,(H,24,27)(H,25,26). The van der Waals surface area contributed by atoms with Crippen LogP contribution in [-0.4, -0.2) is 22.8 Å². The van der Waals surface area contributed by atoms with Gasteiger partial charge in [-0.05, 0) is 75.0 Å². The molecule has 148 valence electrons. The third kappa shape index (κ3) is 4.12. The Morgan fingerprint density at radius 2 is 1.89 bits per heavy atom. The summed E-state index contributed by atoms with van der Waals surface area (Å²) in [6.45, 7) is 2.28. The van der Waals surface area contributed by atoms with E-state index < -0.39 is 0 Å². The Kier molecular flexibility index (Phi) is 5.76. The molecular weight excluding hydrogens is 370 g/mol. The van der Waals surface area contributed by atoms with Gasteiger partial charge in [0.25, 0.3) is 11.8 Å². The fraction of sp³-hybridized carbons (Fsp3) is 0.500. The number of rotatable bonds is 4. The van der Waals surface area contributed by atoms with Crippen molar-refractivity contribution in [2.45, 2.75) is 64.3 Å². The smallest absolute Gasteiger partial charge is 0.257 e. The number of nitrogens with one attached hydrogen (secondary N) is 2. The monoisotopic (exact) mass is 397 g/mol. The van der Waals surface area contributed by atoms with E-state index >= 15 is 0 Å². The number of thiophene rings is 1.